The third-order valence-electron chi connectivity index (χ3n) is 15.4. The van der Waals surface area contributed by atoms with Crippen molar-refractivity contribution in [1.82, 2.24) is 0 Å². The molecule has 47 heavy (non-hydrogen) atoms. The molecule has 0 aromatic heterocycles. The Balaban J connectivity index is 1.20. The number of carbonyl (C=O) groups is 1. The number of aliphatic hydroxyl groups excluding tert-OH is 4. The van der Waals surface area contributed by atoms with E-state index >= 15 is 0 Å². The van der Waals surface area contributed by atoms with Gasteiger partial charge in [-0.25, -0.2) is 0 Å². The maximum Gasteiger partial charge on any atom is 0.302 e. The van der Waals surface area contributed by atoms with Crippen molar-refractivity contribution in [2.24, 2.45) is 50.7 Å². The van der Waals surface area contributed by atoms with Gasteiger partial charge in [-0.3, -0.25) is 4.79 Å². The molecule has 2 aliphatic heterocycles. The zero-order chi connectivity index (χ0) is 34.3. The van der Waals surface area contributed by atoms with Gasteiger partial charge >= 0.3 is 5.97 Å². The molecule has 2 heterocycles. The highest BCUT2D eigenvalue weighted by Gasteiger charge is 2.85. The van der Waals surface area contributed by atoms with Gasteiger partial charge < -0.3 is 44.5 Å². The van der Waals surface area contributed by atoms with E-state index in [2.05, 4.69) is 34.6 Å². The first-order valence-corrected chi connectivity index (χ1v) is 18.0. The van der Waals surface area contributed by atoms with E-state index in [0.717, 1.165) is 44.9 Å². The predicted molar refractivity (Wildman–Crippen MR) is 170 cm³/mol. The van der Waals surface area contributed by atoms with Crippen LogP contribution in [0.3, 0.4) is 0 Å². The van der Waals surface area contributed by atoms with Crippen LogP contribution in [0.25, 0.3) is 0 Å². The molecule has 0 aromatic carbocycles. The summed E-state index contributed by atoms with van der Waals surface area (Å²) in [5.74, 6) is 1.12. The van der Waals surface area contributed by atoms with Gasteiger partial charge in [-0.2, -0.15) is 0 Å². The largest absolute Gasteiger partial charge is 0.492 e. The van der Waals surface area contributed by atoms with Crippen LogP contribution in [0.4, 0.5) is 0 Å². The number of rotatable bonds is 5. The lowest BCUT2D eigenvalue weighted by molar-refractivity contribution is -0.303. The molecule has 5 saturated carbocycles. The molecule has 0 aromatic rings. The summed E-state index contributed by atoms with van der Waals surface area (Å²) in [7, 11) is 0. The molecule has 5 aliphatic carbocycles. The van der Waals surface area contributed by atoms with E-state index in [1.54, 1.807) is 13.8 Å². The lowest BCUT2D eigenvalue weighted by atomic mass is 9.41. The Labute approximate surface area is 279 Å². The van der Waals surface area contributed by atoms with Crippen LogP contribution in [0, 0.1) is 50.7 Å². The minimum absolute atomic E-state index is 0.0211. The van der Waals surface area contributed by atoms with E-state index in [1.807, 2.05) is 6.08 Å². The Morgan fingerprint density at radius 1 is 1.00 bits per heavy atom. The topological polar surface area (TPSA) is 155 Å². The highest BCUT2D eigenvalue weighted by Crippen LogP contribution is 2.89. The molecule has 7 aliphatic rings. The highest BCUT2D eigenvalue weighted by atomic mass is 16.7. The summed E-state index contributed by atoms with van der Waals surface area (Å²) in [5, 5.41) is 52.5. The van der Waals surface area contributed by atoms with Crippen molar-refractivity contribution in [3.63, 3.8) is 0 Å². The van der Waals surface area contributed by atoms with Crippen molar-refractivity contribution in [3.05, 3.63) is 11.8 Å². The van der Waals surface area contributed by atoms with Crippen molar-refractivity contribution >= 4 is 5.97 Å². The Hall–Kier alpha value is -1.27. The number of ether oxygens (including phenoxy) is 4. The third kappa shape index (κ3) is 4.50. The average molecular weight is 663 g/mol. The zero-order valence-corrected chi connectivity index (χ0v) is 29.4. The summed E-state index contributed by atoms with van der Waals surface area (Å²) in [5.41, 5.74) is -1.98. The fourth-order valence-electron chi connectivity index (χ4n) is 13.2. The molecule has 7 rings (SSSR count). The van der Waals surface area contributed by atoms with Crippen molar-refractivity contribution in [2.75, 3.05) is 6.61 Å². The molecule has 6 fully saturated rings. The first-order valence-electron chi connectivity index (χ1n) is 18.0. The fourth-order valence-corrected chi connectivity index (χ4v) is 13.2. The molecule has 0 amide bonds. The molecule has 266 valence electrons. The second-order valence-corrected chi connectivity index (χ2v) is 18.3. The molecule has 2 spiro atoms. The first-order chi connectivity index (χ1) is 21.7. The van der Waals surface area contributed by atoms with Gasteiger partial charge in [-0.1, -0.05) is 34.6 Å². The van der Waals surface area contributed by atoms with Gasteiger partial charge in [-0.05, 0) is 104 Å². The number of aliphatic hydroxyl groups is 5. The van der Waals surface area contributed by atoms with Gasteiger partial charge in [0.2, 0.25) is 0 Å². The van der Waals surface area contributed by atoms with Gasteiger partial charge in [0, 0.05) is 18.3 Å². The summed E-state index contributed by atoms with van der Waals surface area (Å²) in [6, 6.07) is 0. The SMILES string of the molecule is CC(=O)O[C@@H]1C[C@@]23C[C@@]24CC[C@H](O[C@@H]2OC[C@@H](O)[C@H](O)[C@H]2O)C(C)(C)[C@@H]4CC[C@H]3[C@]2(C)C[C@@H]3OC(C(O)C(C)(C)O)=C[C@@H](C)[C@@H]3[C@@]12C. The van der Waals surface area contributed by atoms with Crippen LogP contribution in [0.15, 0.2) is 11.8 Å². The lowest BCUT2D eigenvalue weighted by Gasteiger charge is -2.65. The summed E-state index contributed by atoms with van der Waals surface area (Å²) in [4.78, 5) is 12.8. The summed E-state index contributed by atoms with van der Waals surface area (Å²) in [6.07, 6.45) is 2.08. The maximum atomic E-state index is 12.8. The molecule has 1 unspecified atom stereocenters. The van der Waals surface area contributed by atoms with Crippen LogP contribution in [0.1, 0.15) is 100 Å². The third-order valence-corrected chi connectivity index (χ3v) is 15.4. The second kappa shape index (κ2) is 10.6. The minimum atomic E-state index is -1.34. The number of hydrogen-bond acceptors (Lipinski definition) is 10. The van der Waals surface area contributed by atoms with Gasteiger partial charge in [0.1, 0.15) is 42.4 Å². The quantitative estimate of drug-likeness (QED) is 0.218. The number of hydrogen-bond donors (Lipinski definition) is 5. The van der Waals surface area contributed by atoms with Crippen LogP contribution in [-0.4, -0.2) is 92.7 Å². The Morgan fingerprint density at radius 2 is 1.68 bits per heavy atom. The van der Waals surface area contributed by atoms with Crippen molar-refractivity contribution in [1.29, 1.82) is 0 Å². The molecule has 1 saturated heterocycles. The van der Waals surface area contributed by atoms with Crippen LogP contribution < -0.4 is 0 Å². The standard InChI is InChI=1S/C37H58O10/c1-18-13-21(30(42)33(5,6)43)46-22-14-34(7)24-10-9-23-32(3,4)25(47-31-29(41)28(40)20(39)16-44-31)11-12-36(23)17-37(24,36)15-26(45-19(2)38)35(34,8)27(18)22/h13,18,20,22-31,39-43H,9-12,14-17H2,1-8H3/t18-,20-,22+,23+,24+,25+,26-,27+,28+,29-,30?,31+,34+,35-,36-,37+/m1/s1. The fraction of sp³-hybridized carbons (Fsp3) is 0.919. The van der Waals surface area contributed by atoms with Crippen molar-refractivity contribution < 1.29 is 49.3 Å². The van der Waals surface area contributed by atoms with Gasteiger partial charge in [0.15, 0.2) is 6.29 Å². The molecular weight excluding hydrogens is 604 g/mol. The molecule has 0 radical (unpaired) electrons. The summed E-state index contributed by atoms with van der Waals surface area (Å²) >= 11 is 0. The van der Waals surface area contributed by atoms with Crippen LogP contribution in [0.2, 0.25) is 0 Å². The lowest BCUT2D eigenvalue weighted by Crippen LogP contribution is -2.63. The summed E-state index contributed by atoms with van der Waals surface area (Å²) in [6.45, 7) is 16.1. The smallest absolute Gasteiger partial charge is 0.302 e. The number of fused-ring (bicyclic) bond motifs is 4. The molecular formula is C37H58O10. The average Bonchev–Trinajstić information content (AvgIpc) is 3.55. The van der Waals surface area contributed by atoms with Gasteiger partial charge in [0.05, 0.1) is 18.3 Å². The molecule has 5 N–H and O–H groups in total. The minimum Gasteiger partial charge on any atom is -0.492 e. The Bertz CT molecular complexity index is 1310. The zero-order valence-electron chi connectivity index (χ0n) is 29.4. The van der Waals surface area contributed by atoms with Crippen molar-refractivity contribution in [3.8, 4) is 0 Å². The van der Waals surface area contributed by atoms with Crippen LogP contribution in [-0.2, 0) is 23.7 Å². The van der Waals surface area contributed by atoms with Gasteiger partial charge in [0.25, 0.3) is 0 Å². The number of allylic oxidation sites excluding steroid dienone is 1. The highest BCUT2D eigenvalue weighted by molar-refractivity contribution is 5.66. The molecule has 10 nitrogen and oxygen atoms in total. The number of esters is 1. The Kier molecular flexibility index (Phi) is 7.73. The van der Waals surface area contributed by atoms with E-state index in [1.165, 1.54) is 6.92 Å². The van der Waals surface area contributed by atoms with E-state index in [0.29, 0.717) is 17.6 Å². The summed E-state index contributed by atoms with van der Waals surface area (Å²) < 4.78 is 25.2. The normalized spacial score (nSPS) is 53.6. The van der Waals surface area contributed by atoms with Crippen LogP contribution in [0.5, 0.6) is 0 Å². The Morgan fingerprint density at radius 3 is 2.34 bits per heavy atom. The first kappa shape index (κ1) is 34.2. The molecule has 16 atom stereocenters. The van der Waals surface area contributed by atoms with E-state index < -0.39 is 36.3 Å². The number of carbonyl (C=O) groups excluding carboxylic acids is 1. The second-order valence-electron chi connectivity index (χ2n) is 18.3. The van der Waals surface area contributed by atoms with Crippen molar-refractivity contribution in [2.45, 2.75) is 155 Å². The maximum absolute atomic E-state index is 12.8. The van der Waals surface area contributed by atoms with E-state index in [-0.39, 0.29) is 69.8 Å². The van der Waals surface area contributed by atoms with E-state index in [4.69, 9.17) is 18.9 Å². The van der Waals surface area contributed by atoms with Gasteiger partial charge in [-0.15, -0.1) is 0 Å². The molecule has 0 bridgehead atoms. The van der Waals surface area contributed by atoms with E-state index in [9.17, 15) is 30.3 Å². The predicted octanol–water partition coefficient (Wildman–Crippen LogP) is 3.45. The molecule has 10 heteroatoms. The monoisotopic (exact) mass is 662 g/mol. The van der Waals surface area contributed by atoms with Crippen LogP contribution >= 0.6 is 0 Å².